The lowest BCUT2D eigenvalue weighted by Crippen LogP contribution is -2.04. The molecule has 0 amide bonds. The molecule has 0 atom stereocenters. The summed E-state index contributed by atoms with van der Waals surface area (Å²) in [5, 5.41) is 1.01. The lowest BCUT2D eigenvalue weighted by atomic mass is 10.4. The number of hydrogen-bond donors (Lipinski definition) is 0. The van der Waals surface area contributed by atoms with Crippen LogP contribution in [0.25, 0.3) is 6.08 Å². The van der Waals surface area contributed by atoms with E-state index in [0.29, 0.717) is 0 Å². The second kappa shape index (κ2) is 5.11. The number of carbonyl (C=O) groups is 1. The first-order valence-corrected chi connectivity index (χ1v) is 5.19. The fraction of sp³-hybridized carbons (Fsp3) is 0.333. The number of ether oxygens (including phenoxy) is 1. The number of hydrogen-bond acceptors (Lipinski definition) is 4. The van der Waals surface area contributed by atoms with Crippen molar-refractivity contribution in [2.45, 2.75) is 13.1 Å². The SMILES string of the molecule is CCOC(=O)/C=C/c1nc(C(F)(F)F)cs1. The number of halogens is 3. The van der Waals surface area contributed by atoms with E-state index in [1.807, 2.05) is 0 Å². The Labute approximate surface area is 93.6 Å². The van der Waals surface area contributed by atoms with Gasteiger partial charge in [-0.15, -0.1) is 11.3 Å². The predicted molar refractivity (Wildman–Crippen MR) is 52.8 cm³/mol. The van der Waals surface area contributed by atoms with E-state index < -0.39 is 17.8 Å². The molecule has 0 aliphatic rings. The van der Waals surface area contributed by atoms with Crippen molar-refractivity contribution in [1.29, 1.82) is 0 Å². The molecule has 0 saturated carbocycles. The van der Waals surface area contributed by atoms with Gasteiger partial charge < -0.3 is 4.74 Å². The van der Waals surface area contributed by atoms with E-state index in [4.69, 9.17) is 0 Å². The van der Waals surface area contributed by atoms with Crippen molar-refractivity contribution >= 4 is 23.4 Å². The van der Waals surface area contributed by atoms with Crippen LogP contribution in [0, 0.1) is 0 Å². The molecule has 16 heavy (non-hydrogen) atoms. The van der Waals surface area contributed by atoms with E-state index in [1.54, 1.807) is 6.92 Å². The number of carbonyl (C=O) groups excluding carboxylic acids is 1. The van der Waals surface area contributed by atoms with Crippen LogP contribution in [-0.4, -0.2) is 17.6 Å². The first-order valence-electron chi connectivity index (χ1n) is 4.31. The van der Waals surface area contributed by atoms with Crippen LogP contribution in [-0.2, 0) is 15.7 Å². The minimum absolute atomic E-state index is 0.111. The molecule has 1 heterocycles. The van der Waals surface area contributed by atoms with Gasteiger partial charge in [-0.3, -0.25) is 0 Å². The summed E-state index contributed by atoms with van der Waals surface area (Å²) in [5.41, 5.74) is -0.957. The highest BCUT2D eigenvalue weighted by molar-refractivity contribution is 7.10. The first kappa shape index (κ1) is 12.7. The van der Waals surface area contributed by atoms with Crippen molar-refractivity contribution in [1.82, 2.24) is 4.98 Å². The summed E-state index contributed by atoms with van der Waals surface area (Å²) in [6, 6.07) is 0. The third-order valence-electron chi connectivity index (χ3n) is 1.46. The number of nitrogens with zero attached hydrogens (tertiary/aromatic N) is 1. The van der Waals surface area contributed by atoms with Gasteiger partial charge in [-0.05, 0) is 13.0 Å². The number of alkyl halides is 3. The van der Waals surface area contributed by atoms with Crippen molar-refractivity contribution < 1.29 is 22.7 Å². The Hall–Kier alpha value is -1.37. The molecule has 0 N–H and O–H groups in total. The highest BCUT2D eigenvalue weighted by Crippen LogP contribution is 2.30. The number of rotatable bonds is 3. The molecule has 3 nitrogen and oxygen atoms in total. The number of aromatic nitrogens is 1. The zero-order chi connectivity index (χ0) is 12.2. The highest BCUT2D eigenvalue weighted by Gasteiger charge is 2.33. The standard InChI is InChI=1S/C9H8F3NO2S/c1-2-15-8(14)4-3-7-13-6(5-16-7)9(10,11)12/h3-5H,2H2,1H3/b4-3+. The fourth-order valence-electron chi connectivity index (χ4n) is 0.824. The van der Waals surface area contributed by atoms with E-state index in [2.05, 4.69) is 9.72 Å². The lowest BCUT2D eigenvalue weighted by molar-refractivity contribution is -0.140. The van der Waals surface area contributed by atoms with E-state index in [1.165, 1.54) is 6.08 Å². The van der Waals surface area contributed by atoms with E-state index in [-0.39, 0.29) is 11.6 Å². The fourth-order valence-corrected chi connectivity index (χ4v) is 1.54. The molecule has 0 radical (unpaired) electrons. The monoisotopic (exact) mass is 251 g/mol. The maximum Gasteiger partial charge on any atom is 0.434 e. The number of thiazole rings is 1. The molecule has 1 aromatic heterocycles. The van der Waals surface area contributed by atoms with Gasteiger partial charge >= 0.3 is 12.1 Å². The molecular formula is C9H8F3NO2S. The van der Waals surface area contributed by atoms with Gasteiger partial charge in [-0.25, -0.2) is 9.78 Å². The third kappa shape index (κ3) is 3.65. The Bertz CT molecular complexity index is 398. The van der Waals surface area contributed by atoms with Gasteiger partial charge in [0, 0.05) is 11.5 Å². The maximum atomic E-state index is 12.1. The van der Waals surface area contributed by atoms with Gasteiger partial charge in [0.1, 0.15) is 5.01 Å². The van der Waals surface area contributed by atoms with Crippen LogP contribution in [0.15, 0.2) is 11.5 Å². The summed E-state index contributed by atoms with van der Waals surface area (Å²) in [7, 11) is 0. The molecule has 0 spiro atoms. The van der Waals surface area contributed by atoms with E-state index in [0.717, 1.165) is 22.8 Å². The molecular weight excluding hydrogens is 243 g/mol. The van der Waals surface area contributed by atoms with Crippen molar-refractivity contribution in [3.05, 3.63) is 22.2 Å². The summed E-state index contributed by atoms with van der Waals surface area (Å²) in [5.74, 6) is -0.605. The normalized spacial score (nSPS) is 12.0. The summed E-state index contributed by atoms with van der Waals surface area (Å²) in [6.45, 7) is 1.85. The summed E-state index contributed by atoms with van der Waals surface area (Å²) >= 11 is 0.811. The van der Waals surface area contributed by atoms with Gasteiger partial charge in [0.15, 0.2) is 5.69 Å². The predicted octanol–water partition coefficient (Wildman–Crippen LogP) is 2.74. The van der Waals surface area contributed by atoms with E-state index >= 15 is 0 Å². The summed E-state index contributed by atoms with van der Waals surface area (Å²) < 4.78 is 41.0. The van der Waals surface area contributed by atoms with Crippen LogP contribution in [0.3, 0.4) is 0 Å². The van der Waals surface area contributed by atoms with Crippen molar-refractivity contribution in [2.75, 3.05) is 6.61 Å². The minimum Gasteiger partial charge on any atom is -0.463 e. The van der Waals surface area contributed by atoms with Crippen LogP contribution in [0.4, 0.5) is 13.2 Å². The average molecular weight is 251 g/mol. The van der Waals surface area contributed by atoms with Crippen LogP contribution in [0.5, 0.6) is 0 Å². The molecule has 0 saturated heterocycles. The molecule has 88 valence electrons. The Kier molecular flexibility index (Phi) is 4.05. The van der Waals surface area contributed by atoms with Gasteiger partial charge in [0.05, 0.1) is 6.61 Å². The van der Waals surface area contributed by atoms with Crippen LogP contribution < -0.4 is 0 Å². The summed E-state index contributed by atoms with van der Waals surface area (Å²) in [6.07, 6.45) is -2.22. The van der Waals surface area contributed by atoms with Crippen LogP contribution in [0.2, 0.25) is 0 Å². The van der Waals surface area contributed by atoms with Crippen LogP contribution >= 0.6 is 11.3 Å². The molecule has 1 rings (SSSR count). The van der Waals surface area contributed by atoms with Crippen molar-refractivity contribution in [3.63, 3.8) is 0 Å². The molecule has 0 aliphatic carbocycles. The van der Waals surface area contributed by atoms with E-state index in [9.17, 15) is 18.0 Å². The average Bonchev–Trinajstić information content (AvgIpc) is 2.63. The molecule has 7 heteroatoms. The van der Waals surface area contributed by atoms with Crippen molar-refractivity contribution in [2.24, 2.45) is 0 Å². The van der Waals surface area contributed by atoms with Gasteiger partial charge in [0.2, 0.25) is 0 Å². The molecule has 0 fully saturated rings. The Balaban J connectivity index is 2.69. The van der Waals surface area contributed by atoms with Crippen LogP contribution in [0.1, 0.15) is 17.6 Å². The maximum absolute atomic E-state index is 12.1. The Morgan fingerprint density at radius 2 is 2.31 bits per heavy atom. The second-order valence-corrected chi connectivity index (χ2v) is 3.54. The topological polar surface area (TPSA) is 39.2 Å². The molecule has 0 unspecified atom stereocenters. The highest BCUT2D eigenvalue weighted by atomic mass is 32.1. The quantitative estimate of drug-likeness (QED) is 0.612. The Morgan fingerprint density at radius 3 is 2.81 bits per heavy atom. The Morgan fingerprint density at radius 1 is 1.62 bits per heavy atom. The first-order chi connectivity index (χ1) is 7.43. The minimum atomic E-state index is -4.45. The van der Waals surface area contributed by atoms with Gasteiger partial charge in [-0.1, -0.05) is 0 Å². The molecule has 1 aromatic rings. The third-order valence-corrected chi connectivity index (χ3v) is 2.27. The van der Waals surface area contributed by atoms with Gasteiger partial charge in [0.25, 0.3) is 0 Å². The van der Waals surface area contributed by atoms with Crippen molar-refractivity contribution in [3.8, 4) is 0 Å². The van der Waals surface area contributed by atoms with Gasteiger partial charge in [-0.2, -0.15) is 13.2 Å². The number of esters is 1. The molecule has 0 bridgehead atoms. The lowest BCUT2D eigenvalue weighted by Gasteiger charge is -1.99. The summed E-state index contributed by atoms with van der Waals surface area (Å²) in [4.78, 5) is 14.2. The molecule has 0 aliphatic heterocycles. The largest absolute Gasteiger partial charge is 0.463 e. The second-order valence-electron chi connectivity index (χ2n) is 2.65. The zero-order valence-corrected chi connectivity index (χ0v) is 9.06. The zero-order valence-electron chi connectivity index (χ0n) is 8.25. The smallest absolute Gasteiger partial charge is 0.434 e. The molecule has 0 aromatic carbocycles.